The van der Waals surface area contributed by atoms with Crippen LogP contribution in [0.2, 0.25) is 0 Å². The Labute approximate surface area is 115 Å². The number of likely N-dealkylation sites (tertiary alicyclic amines) is 1. The summed E-state index contributed by atoms with van der Waals surface area (Å²) in [7, 11) is 0. The molecule has 1 fully saturated rings. The maximum atomic E-state index is 4.79. The average molecular weight is 257 g/mol. The standard InChI is InChI=1S/C16H23N3/c1-3-4-9-19-10-5-7-16(12-19)8-6-14-11-17-13(2)18-15(14)16/h3-4,11H,5-10,12H2,1-2H3. The number of allylic oxidation sites excluding steroid dienone is 1. The Morgan fingerprint density at radius 3 is 3.16 bits per heavy atom. The molecule has 0 bridgehead atoms. The molecule has 1 aliphatic carbocycles. The molecular formula is C16H23N3. The summed E-state index contributed by atoms with van der Waals surface area (Å²) < 4.78 is 0. The predicted molar refractivity (Wildman–Crippen MR) is 77.3 cm³/mol. The molecule has 1 aromatic heterocycles. The highest BCUT2D eigenvalue weighted by Gasteiger charge is 2.43. The van der Waals surface area contributed by atoms with E-state index >= 15 is 0 Å². The van der Waals surface area contributed by atoms with Gasteiger partial charge >= 0.3 is 0 Å². The molecule has 0 N–H and O–H groups in total. The van der Waals surface area contributed by atoms with Crippen LogP contribution in [0.5, 0.6) is 0 Å². The Morgan fingerprint density at radius 1 is 1.42 bits per heavy atom. The average Bonchev–Trinajstić information content (AvgIpc) is 2.75. The number of rotatable bonds is 2. The van der Waals surface area contributed by atoms with Gasteiger partial charge in [-0.1, -0.05) is 12.2 Å². The van der Waals surface area contributed by atoms with Crippen LogP contribution >= 0.6 is 0 Å². The summed E-state index contributed by atoms with van der Waals surface area (Å²) in [6, 6.07) is 0. The monoisotopic (exact) mass is 257 g/mol. The van der Waals surface area contributed by atoms with Gasteiger partial charge in [-0.25, -0.2) is 9.97 Å². The molecule has 0 aromatic carbocycles. The Balaban J connectivity index is 1.87. The highest BCUT2D eigenvalue weighted by atomic mass is 15.1. The molecule has 1 aromatic rings. The largest absolute Gasteiger partial charge is 0.299 e. The van der Waals surface area contributed by atoms with Crippen LogP contribution < -0.4 is 0 Å². The molecule has 102 valence electrons. The van der Waals surface area contributed by atoms with E-state index in [4.69, 9.17) is 4.98 Å². The minimum absolute atomic E-state index is 0.308. The molecule has 1 atom stereocenters. The zero-order valence-corrected chi connectivity index (χ0v) is 12.0. The molecule has 1 aliphatic heterocycles. The van der Waals surface area contributed by atoms with Crippen molar-refractivity contribution in [2.75, 3.05) is 19.6 Å². The van der Waals surface area contributed by atoms with E-state index in [1.807, 2.05) is 6.92 Å². The van der Waals surface area contributed by atoms with E-state index in [0.717, 1.165) is 18.8 Å². The van der Waals surface area contributed by atoms with Gasteiger partial charge in [0.15, 0.2) is 0 Å². The van der Waals surface area contributed by atoms with Gasteiger partial charge in [0, 0.05) is 24.7 Å². The highest BCUT2D eigenvalue weighted by Crippen LogP contribution is 2.43. The molecule has 3 nitrogen and oxygen atoms in total. The van der Waals surface area contributed by atoms with E-state index in [-0.39, 0.29) is 0 Å². The van der Waals surface area contributed by atoms with E-state index in [1.165, 1.54) is 43.6 Å². The molecule has 1 saturated heterocycles. The molecule has 19 heavy (non-hydrogen) atoms. The lowest BCUT2D eigenvalue weighted by Crippen LogP contribution is -2.45. The summed E-state index contributed by atoms with van der Waals surface area (Å²) in [6.07, 6.45) is 11.5. The Kier molecular flexibility index (Phi) is 3.40. The van der Waals surface area contributed by atoms with Gasteiger partial charge in [-0.05, 0) is 51.6 Å². The fraction of sp³-hybridized carbons (Fsp3) is 0.625. The smallest absolute Gasteiger partial charge is 0.125 e. The van der Waals surface area contributed by atoms with Crippen LogP contribution in [0.1, 0.15) is 43.3 Å². The summed E-state index contributed by atoms with van der Waals surface area (Å²) in [4.78, 5) is 11.7. The third-order valence-corrected chi connectivity index (χ3v) is 4.62. The first-order chi connectivity index (χ1) is 9.23. The molecule has 2 aliphatic rings. The first-order valence-corrected chi connectivity index (χ1v) is 7.40. The molecule has 0 radical (unpaired) electrons. The van der Waals surface area contributed by atoms with Crippen molar-refractivity contribution in [2.45, 2.75) is 44.9 Å². The van der Waals surface area contributed by atoms with E-state index in [9.17, 15) is 0 Å². The highest BCUT2D eigenvalue weighted by molar-refractivity contribution is 5.33. The van der Waals surface area contributed by atoms with E-state index in [1.54, 1.807) is 0 Å². The summed E-state index contributed by atoms with van der Waals surface area (Å²) in [6.45, 7) is 7.58. The van der Waals surface area contributed by atoms with Gasteiger partial charge in [0.2, 0.25) is 0 Å². The molecule has 0 amide bonds. The van der Waals surface area contributed by atoms with Crippen LogP contribution in [0.15, 0.2) is 18.3 Å². The minimum atomic E-state index is 0.308. The zero-order chi connectivity index (χ0) is 13.3. The molecule has 3 heteroatoms. The second-order valence-corrected chi connectivity index (χ2v) is 5.98. The van der Waals surface area contributed by atoms with Crippen molar-refractivity contribution < 1.29 is 0 Å². The van der Waals surface area contributed by atoms with E-state index in [0.29, 0.717) is 5.41 Å². The van der Waals surface area contributed by atoms with Gasteiger partial charge in [0.25, 0.3) is 0 Å². The van der Waals surface area contributed by atoms with Crippen molar-refractivity contribution in [2.24, 2.45) is 0 Å². The van der Waals surface area contributed by atoms with Gasteiger partial charge in [-0.15, -0.1) is 0 Å². The number of hydrogen-bond acceptors (Lipinski definition) is 3. The predicted octanol–water partition coefficient (Wildman–Crippen LogP) is 2.64. The quantitative estimate of drug-likeness (QED) is 0.763. The molecule has 2 heterocycles. The van der Waals surface area contributed by atoms with Gasteiger partial charge in [-0.3, -0.25) is 4.90 Å². The molecular weight excluding hydrogens is 234 g/mol. The van der Waals surface area contributed by atoms with Crippen molar-refractivity contribution in [3.8, 4) is 0 Å². The van der Waals surface area contributed by atoms with Gasteiger partial charge in [-0.2, -0.15) is 0 Å². The number of hydrogen-bond donors (Lipinski definition) is 0. The van der Waals surface area contributed by atoms with Crippen molar-refractivity contribution in [3.63, 3.8) is 0 Å². The second kappa shape index (κ2) is 5.04. The summed E-state index contributed by atoms with van der Waals surface area (Å²) in [5, 5.41) is 0. The third-order valence-electron chi connectivity index (χ3n) is 4.62. The Morgan fingerprint density at radius 2 is 2.32 bits per heavy atom. The summed E-state index contributed by atoms with van der Waals surface area (Å²) in [5.74, 6) is 0.922. The van der Waals surface area contributed by atoms with Crippen LogP contribution in [0.3, 0.4) is 0 Å². The Bertz CT molecular complexity index is 491. The molecule has 3 rings (SSSR count). The number of piperidine rings is 1. The number of aromatic nitrogens is 2. The lowest BCUT2D eigenvalue weighted by atomic mass is 9.77. The maximum Gasteiger partial charge on any atom is 0.125 e. The van der Waals surface area contributed by atoms with Crippen LogP contribution in [-0.2, 0) is 11.8 Å². The van der Waals surface area contributed by atoms with Gasteiger partial charge in [0.05, 0.1) is 5.69 Å². The van der Waals surface area contributed by atoms with Crippen molar-refractivity contribution in [3.05, 3.63) is 35.4 Å². The second-order valence-electron chi connectivity index (χ2n) is 5.98. The van der Waals surface area contributed by atoms with Gasteiger partial charge < -0.3 is 0 Å². The summed E-state index contributed by atoms with van der Waals surface area (Å²) >= 11 is 0. The first kappa shape index (κ1) is 12.8. The zero-order valence-electron chi connectivity index (χ0n) is 12.0. The molecule has 1 unspecified atom stereocenters. The molecule has 0 saturated carbocycles. The number of aryl methyl sites for hydroxylation is 2. The van der Waals surface area contributed by atoms with Crippen molar-refractivity contribution in [1.29, 1.82) is 0 Å². The fourth-order valence-electron chi connectivity index (χ4n) is 3.66. The third kappa shape index (κ3) is 2.32. The van der Waals surface area contributed by atoms with Gasteiger partial charge in [0.1, 0.15) is 5.82 Å². The van der Waals surface area contributed by atoms with Crippen LogP contribution in [0.4, 0.5) is 0 Å². The van der Waals surface area contributed by atoms with E-state index < -0.39 is 0 Å². The van der Waals surface area contributed by atoms with Crippen LogP contribution in [-0.4, -0.2) is 34.5 Å². The summed E-state index contributed by atoms with van der Waals surface area (Å²) in [5.41, 5.74) is 3.05. The Hall–Kier alpha value is -1.22. The number of fused-ring (bicyclic) bond motifs is 2. The van der Waals surface area contributed by atoms with Crippen molar-refractivity contribution >= 4 is 0 Å². The van der Waals surface area contributed by atoms with Crippen LogP contribution in [0.25, 0.3) is 0 Å². The SMILES string of the molecule is CC=CCN1CCCC2(CCc3cnc(C)nc32)C1. The fourth-order valence-corrected chi connectivity index (χ4v) is 3.66. The normalized spacial score (nSPS) is 27.3. The number of nitrogens with zero attached hydrogens (tertiary/aromatic N) is 3. The lowest BCUT2D eigenvalue weighted by Gasteiger charge is -2.40. The van der Waals surface area contributed by atoms with E-state index in [2.05, 4.69) is 35.2 Å². The minimum Gasteiger partial charge on any atom is -0.299 e. The first-order valence-electron chi connectivity index (χ1n) is 7.40. The lowest BCUT2D eigenvalue weighted by molar-refractivity contribution is 0.156. The van der Waals surface area contributed by atoms with Crippen LogP contribution in [0, 0.1) is 6.92 Å². The van der Waals surface area contributed by atoms with Crippen molar-refractivity contribution in [1.82, 2.24) is 14.9 Å². The topological polar surface area (TPSA) is 29.0 Å². The molecule has 1 spiro atoms. The maximum absolute atomic E-state index is 4.79.